The molecule has 0 nitrogen and oxygen atoms in total. The Morgan fingerprint density at radius 1 is 0.474 bits per heavy atom. The normalized spacial score (nSPS) is 11.6. The van der Waals surface area contributed by atoms with Gasteiger partial charge in [0, 0.05) is 19.5 Å². The van der Waals surface area contributed by atoms with Gasteiger partial charge in [0.05, 0.1) is 7.57 Å². The van der Waals surface area contributed by atoms with Crippen molar-refractivity contribution in [3.63, 3.8) is 0 Å². The minimum Gasteiger partial charge on any atom is -0.126 e. The molecule has 6 heteroatoms. The molecule has 218 valence electrons. The van der Waals surface area contributed by atoms with E-state index in [-0.39, 0.29) is 0 Å². The van der Waals surface area contributed by atoms with E-state index in [1.54, 1.807) is 0 Å². The van der Waals surface area contributed by atoms with Crippen molar-refractivity contribution >= 4 is 78.1 Å². The van der Waals surface area contributed by atoms with Crippen LogP contribution in [-0.2, 0) is 0 Å². The van der Waals surface area contributed by atoms with Crippen LogP contribution in [0.25, 0.3) is 9.75 Å². The highest BCUT2D eigenvalue weighted by Crippen LogP contribution is 2.46. The van der Waals surface area contributed by atoms with Gasteiger partial charge in [0.25, 0.3) is 0 Å². The van der Waals surface area contributed by atoms with Crippen LogP contribution >= 0.6 is 78.1 Å². The molecule has 0 saturated heterocycles. The van der Waals surface area contributed by atoms with Crippen molar-refractivity contribution in [2.24, 2.45) is 0 Å². The summed E-state index contributed by atoms with van der Waals surface area (Å²) in [5, 5.41) is 0. The Balaban J connectivity index is 1.58. The predicted octanol–water partition coefficient (Wildman–Crippen LogP) is 15.0. The molecule has 38 heavy (non-hydrogen) atoms. The molecule has 0 aliphatic carbocycles. The average Bonchev–Trinajstić information content (AvgIpc) is 3.47. The van der Waals surface area contributed by atoms with E-state index in [1.807, 2.05) is 46.2 Å². The van der Waals surface area contributed by atoms with Crippen molar-refractivity contribution in [3.05, 3.63) is 19.7 Å². The second-order valence-corrected chi connectivity index (χ2v) is 17.6. The standard InChI is InChI=1S/C32H52Br2S4/c1-3-5-7-9-11-13-15-17-19-21-23-35-29-25-27(37-31(29)33)28-26-30(32(34)38-28)36-24-22-20-18-16-14-12-10-8-6-4-2/h25-26H,3-24H2,1-2H3. The maximum atomic E-state index is 3.85. The summed E-state index contributed by atoms with van der Waals surface area (Å²) in [5.74, 6) is 2.47. The molecule has 0 unspecified atom stereocenters. The second kappa shape index (κ2) is 23.6. The van der Waals surface area contributed by atoms with Gasteiger partial charge in [0.2, 0.25) is 0 Å². The molecule has 2 heterocycles. The number of hydrogen-bond donors (Lipinski definition) is 0. The van der Waals surface area contributed by atoms with Crippen molar-refractivity contribution in [1.82, 2.24) is 0 Å². The second-order valence-electron chi connectivity index (χ2n) is 10.6. The highest BCUT2D eigenvalue weighted by molar-refractivity contribution is 9.11. The third-order valence-electron chi connectivity index (χ3n) is 7.06. The van der Waals surface area contributed by atoms with Crippen LogP contribution in [0.3, 0.4) is 0 Å². The fraction of sp³-hybridized carbons (Fsp3) is 0.750. The first-order valence-electron chi connectivity index (χ1n) is 15.5. The number of thioether (sulfide) groups is 2. The molecular formula is C32H52Br2S4. The number of rotatable bonds is 25. The zero-order valence-electron chi connectivity index (χ0n) is 24.1. The molecule has 2 aromatic rings. The molecule has 0 N–H and O–H groups in total. The van der Waals surface area contributed by atoms with E-state index >= 15 is 0 Å². The minimum atomic E-state index is 1.24. The highest BCUT2D eigenvalue weighted by atomic mass is 79.9. The van der Waals surface area contributed by atoms with Crippen LogP contribution in [0.4, 0.5) is 0 Å². The van der Waals surface area contributed by atoms with Gasteiger partial charge in [-0.1, -0.05) is 129 Å². The summed E-state index contributed by atoms with van der Waals surface area (Å²) in [7, 11) is 0. The Hall–Kier alpha value is 1.06. The van der Waals surface area contributed by atoms with Gasteiger partial charge >= 0.3 is 0 Å². The lowest BCUT2D eigenvalue weighted by atomic mass is 10.1. The Bertz CT molecular complexity index is 761. The van der Waals surface area contributed by atoms with Gasteiger partial charge in [-0.15, -0.1) is 46.2 Å². The van der Waals surface area contributed by atoms with Crippen LogP contribution in [0, 0.1) is 0 Å². The molecule has 2 aromatic heterocycles. The minimum absolute atomic E-state index is 1.24. The Kier molecular flexibility index (Phi) is 21.9. The summed E-state index contributed by atoms with van der Waals surface area (Å²) in [5.41, 5.74) is 0. The topological polar surface area (TPSA) is 0 Å². The Morgan fingerprint density at radius 3 is 1.08 bits per heavy atom. The third-order valence-corrected chi connectivity index (χ3v) is 14.0. The van der Waals surface area contributed by atoms with E-state index in [4.69, 9.17) is 0 Å². The lowest BCUT2D eigenvalue weighted by Gasteiger charge is -2.02. The molecule has 0 aromatic carbocycles. The Labute approximate surface area is 269 Å². The third kappa shape index (κ3) is 15.9. The van der Waals surface area contributed by atoms with Crippen LogP contribution in [0.1, 0.15) is 142 Å². The zero-order chi connectivity index (χ0) is 27.3. The molecule has 0 atom stereocenters. The van der Waals surface area contributed by atoms with Gasteiger partial charge in [-0.05, 0) is 68.3 Å². The van der Waals surface area contributed by atoms with E-state index in [9.17, 15) is 0 Å². The fourth-order valence-electron chi connectivity index (χ4n) is 4.69. The maximum Gasteiger partial charge on any atom is 0.0840 e. The van der Waals surface area contributed by atoms with E-state index < -0.39 is 0 Å². The van der Waals surface area contributed by atoms with Gasteiger partial charge in [0.15, 0.2) is 0 Å². The first-order valence-corrected chi connectivity index (χ1v) is 20.7. The maximum absolute atomic E-state index is 3.85. The number of thiophene rings is 2. The smallest absolute Gasteiger partial charge is 0.0840 e. The predicted molar refractivity (Wildman–Crippen MR) is 188 cm³/mol. The summed E-state index contributed by atoms with van der Waals surface area (Å²) in [4.78, 5) is 5.65. The van der Waals surface area contributed by atoms with Crippen molar-refractivity contribution < 1.29 is 0 Å². The number of hydrogen-bond acceptors (Lipinski definition) is 4. The van der Waals surface area contributed by atoms with Crippen molar-refractivity contribution in [3.8, 4) is 9.75 Å². The summed E-state index contributed by atoms with van der Waals surface area (Å²) >= 11 is 15.5. The lowest BCUT2D eigenvalue weighted by Crippen LogP contribution is -1.83. The molecular weight excluding hydrogens is 672 g/mol. The fourth-order valence-corrected chi connectivity index (χ4v) is 10.8. The summed E-state index contributed by atoms with van der Waals surface area (Å²) < 4.78 is 2.60. The van der Waals surface area contributed by atoms with Gasteiger partial charge in [-0.3, -0.25) is 0 Å². The van der Waals surface area contributed by atoms with Gasteiger partial charge in [-0.2, -0.15) is 0 Å². The monoisotopic (exact) mass is 722 g/mol. The molecule has 0 aliphatic rings. The molecule has 0 spiro atoms. The van der Waals surface area contributed by atoms with Gasteiger partial charge in [-0.25, -0.2) is 0 Å². The van der Waals surface area contributed by atoms with E-state index in [1.165, 1.54) is 167 Å². The molecule has 0 fully saturated rings. The largest absolute Gasteiger partial charge is 0.126 e. The van der Waals surface area contributed by atoms with E-state index in [2.05, 4.69) is 57.8 Å². The Morgan fingerprint density at radius 2 is 0.763 bits per heavy atom. The lowest BCUT2D eigenvalue weighted by molar-refractivity contribution is 0.563. The van der Waals surface area contributed by atoms with Gasteiger partial charge < -0.3 is 0 Å². The summed E-state index contributed by atoms with van der Waals surface area (Å²) in [6.45, 7) is 4.59. The number of unbranched alkanes of at least 4 members (excludes halogenated alkanes) is 18. The summed E-state index contributed by atoms with van der Waals surface area (Å²) in [6, 6.07) is 4.81. The highest BCUT2D eigenvalue weighted by Gasteiger charge is 2.14. The quantitative estimate of drug-likeness (QED) is 0.0739. The van der Waals surface area contributed by atoms with Crippen molar-refractivity contribution in [1.29, 1.82) is 0 Å². The van der Waals surface area contributed by atoms with Crippen LogP contribution in [-0.4, -0.2) is 11.5 Å². The molecule has 0 amide bonds. The van der Waals surface area contributed by atoms with Crippen molar-refractivity contribution in [2.75, 3.05) is 11.5 Å². The zero-order valence-corrected chi connectivity index (χ0v) is 30.5. The van der Waals surface area contributed by atoms with E-state index in [0.29, 0.717) is 0 Å². The van der Waals surface area contributed by atoms with Crippen LogP contribution < -0.4 is 0 Å². The molecule has 0 radical (unpaired) electrons. The SMILES string of the molecule is CCCCCCCCCCCCSc1cc(-c2cc(SCCCCCCCCCCCC)c(Br)s2)sc1Br. The van der Waals surface area contributed by atoms with E-state index in [0.717, 1.165) is 0 Å². The van der Waals surface area contributed by atoms with Gasteiger partial charge in [0.1, 0.15) is 0 Å². The molecule has 0 aliphatic heterocycles. The first kappa shape index (κ1) is 35.3. The molecule has 2 rings (SSSR count). The number of halogens is 2. The average molecular weight is 725 g/mol. The van der Waals surface area contributed by atoms with Crippen molar-refractivity contribution in [2.45, 2.75) is 152 Å². The van der Waals surface area contributed by atoms with Crippen LogP contribution in [0.5, 0.6) is 0 Å². The molecule has 0 saturated carbocycles. The first-order chi connectivity index (χ1) is 18.7. The summed E-state index contributed by atoms with van der Waals surface area (Å²) in [6.07, 6.45) is 28.2. The van der Waals surface area contributed by atoms with Crippen LogP contribution in [0.15, 0.2) is 29.5 Å². The molecule has 0 bridgehead atoms. The van der Waals surface area contributed by atoms with Crippen LogP contribution in [0.2, 0.25) is 0 Å².